The fraction of sp³-hybridized carbons (Fsp3) is 0.300. The number of benzene rings is 3. The number of amides is 3. The lowest BCUT2D eigenvalue weighted by Crippen LogP contribution is -2.56. The molecule has 7 nitrogen and oxygen atoms in total. The molecule has 4 rings (SSSR count). The SMILES string of the molecule is Cc1cccc(NC(=O)CN2CCN(C(=O)[C@H](Cc3ccccc3)NC(=O)c3ccccc3)CC2)c1C. The van der Waals surface area contributed by atoms with Crippen molar-refractivity contribution < 1.29 is 14.4 Å². The summed E-state index contributed by atoms with van der Waals surface area (Å²) in [6.45, 7) is 6.48. The molecule has 0 aliphatic carbocycles. The van der Waals surface area contributed by atoms with E-state index in [1.807, 2.05) is 68.4 Å². The Kier molecular flexibility index (Phi) is 8.69. The van der Waals surface area contributed by atoms with Crippen LogP contribution >= 0.6 is 0 Å². The zero-order chi connectivity index (χ0) is 26.2. The predicted octanol–water partition coefficient (Wildman–Crippen LogP) is 3.43. The number of hydrogen-bond acceptors (Lipinski definition) is 4. The average Bonchev–Trinajstić information content (AvgIpc) is 2.92. The highest BCUT2D eigenvalue weighted by atomic mass is 16.2. The van der Waals surface area contributed by atoms with Crippen molar-refractivity contribution in [2.24, 2.45) is 0 Å². The van der Waals surface area contributed by atoms with Crippen LogP contribution in [-0.2, 0) is 16.0 Å². The summed E-state index contributed by atoms with van der Waals surface area (Å²) in [4.78, 5) is 42.9. The van der Waals surface area contributed by atoms with Crippen molar-refractivity contribution in [3.63, 3.8) is 0 Å². The number of aryl methyl sites for hydroxylation is 1. The number of nitrogens with one attached hydrogen (secondary N) is 2. The smallest absolute Gasteiger partial charge is 0.251 e. The van der Waals surface area contributed by atoms with E-state index < -0.39 is 6.04 Å². The molecule has 0 spiro atoms. The number of hydrogen-bond donors (Lipinski definition) is 2. The van der Waals surface area contributed by atoms with E-state index in [2.05, 4.69) is 15.5 Å². The van der Waals surface area contributed by atoms with E-state index in [9.17, 15) is 14.4 Å². The Labute approximate surface area is 218 Å². The number of carbonyl (C=O) groups is 3. The Morgan fingerprint density at radius 3 is 2.14 bits per heavy atom. The first-order chi connectivity index (χ1) is 17.9. The van der Waals surface area contributed by atoms with Gasteiger partial charge in [-0.2, -0.15) is 0 Å². The zero-order valence-corrected chi connectivity index (χ0v) is 21.4. The molecule has 1 atom stereocenters. The van der Waals surface area contributed by atoms with Gasteiger partial charge in [-0.15, -0.1) is 0 Å². The minimum Gasteiger partial charge on any atom is -0.340 e. The number of nitrogens with zero attached hydrogens (tertiary/aromatic N) is 2. The van der Waals surface area contributed by atoms with Crippen LogP contribution in [-0.4, -0.2) is 66.3 Å². The van der Waals surface area contributed by atoms with E-state index in [4.69, 9.17) is 0 Å². The standard InChI is InChI=1S/C30H34N4O3/c1-22-10-9-15-26(23(22)2)31-28(35)21-33-16-18-34(19-17-33)30(37)27(20-24-11-5-3-6-12-24)32-29(36)25-13-7-4-8-14-25/h3-15,27H,16-21H2,1-2H3,(H,31,35)(H,32,36)/t27-/m0/s1. The Hall–Kier alpha value is -3.97. The molecule has 1 aliphatic heterocycles. The van der Waals surface area contributed by atoms with Crippen LogP contribution in [0, 0.1) is 13.8 Å². The maximum atomic E-state index is 13.5. The molecule has 3 amide bonds. The molecule has 192 valence electrons. The van der Waals surface area contributed by atoms with Gasteiger partial charge in [0.15, 0.2) is 0 Å². The quantitative estimate of drug-likeness (QED) is 0.499. The van der Waals surface area contributed by atoms with Crippen LogP contribution in [0.5, 0.6) is 0 Å². The molecule has 1 aliphatic rings. The monoisotopic (exact) mass is 498 g/mol. The van der Waals surface area contributed by atoms with Gasteiger partial charge in [-0.3, -0.25) is 19.3 Å². The van der Waals surface area contributed by atoms with Crippen LogP contribution in [0.3, 0.4) is 0 Å². The summed E-state index contributed by atoms with van der Waals surface area (Å²) in [5, 5.41) is 5.96. The van der Waals surface area contributed by atoms with Crippen LogP contribution < -0.4 is 10.6 Å². The van der Waals surface area contributed by atoms with Crippen molar-refractivity contribution in [2.75, 3.05) is 38.0 Å². The summed E-state index contributed by atoms with van der Waals surface area (Å²) in [6, 6.07) is 23.8. The first-order valence-electron chi connectivity index (χ1n) is 12.7. The molecular weight excluding hydrogens is 464 g/mol. The van der Waals surface area contributed by atoms with Crippen LogP contribution in [0.25, 0.3) is 0 Å². The molecule has 2 N–H and O–H groups in total. The third-order valence-corrected chi connectivity index (χ3v) is 6.85. The Morgan fingerprint density at radius 1 is 0.811 bits per heavy atom. The summed E-state index contributed by atoms with van der Waals surface area (Å²) in [7, 11) is 0. The molecule has 3 aromatic rings. The van der Waals surface area contributed by atoms with Crippen LogP contribution in [0.2, 0.25) is 0 Å². The van der Waals surface area contributed by atoms with Crippen molar-refractivity contribution in [1.29, 1.82) is 0 Å². The highest BCUT2D eigenvalue weighted by Gasteiger charge is 2.29. The summed E-state index contributed by atoms with van der Waals surface area (Å²) < 4.78 is 0. The first kappa shape index (κ1) is 26.1. The van der Waals surface area contributed by atoms with E-state index >= 15 is 0 Å². The zero-order valence-electron chi connectivity index (χ0n) is 21.4. The van der Waals surface area contributed by atoms with Gasteiger partial charge in [0.1, 0.15) is 6.04 Å². The molecule has 1 fully saturated rings. The van der Waals surface area contributed by atoms with Gasteiger partial charge in [0, 0.05) is 43.9 Å². The van der Waals surface area contributed by atoms with Gasteiger partial charge in [0.25, 0.3) is 5.91 Å². The Balaban J connectivity index is 1.35. The molecule has 0 aromatic heterocycles. The topological polar surface area (TPSA) is 81.8 Å². The van der Waals surface area contributed by atoms with E-state index in [1.165, 1.54) is 0 Å². The number of rotatable bonds is 8. The lowest BCUT2D eigenvalue weighted by atomic mass is 10.0. The largest absolute Gasteiger partial charge is 0.340 e. The van der Waals surface area contributed by atoms with E-state index in [0.717, 1.165) is 22.4 Å². The van der Waals surface area contributed by atoms with Crippen molar-refractivity contribution in [3.8, 4) is 0 Å². The molecule has 37 heavy (non-hydrogen) atoms. The maximum Gasteiger partial charge on any atom is 0.251 e. The summed E-state index contributed by atoms with van der Waals surface area (Å²) in [6.07, 6.45) is 0.413. The molecular formula is C30H34N4O3. The summed E-state index contributed by atoms with van der Waals surface area (Å²) in [5.74, 6) is -0.435. The summed E-state index contributed by atoms with van der Waals surface area (Å²) >= 11 is 0. The highest BCUT2D eigenvalue weighted by Crippen LogP contribution is 2.18. The van der Waals surface area contributed by atoms with Crippen molar-refractivity contribution in [2.45, 2.75) is 26.3 Å². The Morgan fingerprint density at radius 2 is 1.46 bits per heavy atom. The van der Waals surface area contributed by atoms with Crippen LogP contribution in [0.15, 0.2) is 78.9 Å². The molecule has 1 heterocycles. The van der Waals surface area contributed by atoms with Crippen LogP contribution in [0.4, 0.5) is 5.69 Å². The van der Waals surface area contributed by atoms with Crippen LogP contribution in [0.1, 0.15) is 27.0 Å². The van der Waals surface area contributed by atoms with Gasteiger partial charge in [-0.05, 0) is 48.7 Å². The normalized spacial score (nSPS) is 14.6. The van der Waals surface area contributed by atoms with Crippen molar-refractivity contribution >= 4 is 23.4 Å². The van der Waals surface area contributed by atoms with Gasteiger partial charge in [0.2, 0.25) is 11.8 Å². The average molecular weight is 499 g/mol. The third-order valence-electron chi connectivity index (χ3n) is 6.85. The second kappa shape index (κ2) is 12.3. The number of piperazine rings is 1. The fourth-order valence-corrected chi connectivity index (χ4v) is 4.51. The molecule has 1 saturated heterocycles. The second-order valence-corrected chi connectivity index (χ2v) is 9.48. The number of anilines is 1. The lowest BCUT2D eigenvalue weighted by molar-refractivity contribution is -0.135. The Bertz CT molecular complexity index is 1220. The van der Waals surface area contributed by atoms with Gasteiger partial charge >= 0.3 is 0 Å². The van der Waals surface area contributed by atoms with Gasteiger partial charge in [-0.1, -0.05) is 60.7 Å². The van der Waals surface area contributed by atoms with Crippen molar-refractivity contribution in [3.05, 3.63) is 101 Å². The molecule has 0 radical (unpaired) electrons. The van der Waals surface area contributed by atoms with Gasteiger partial charge < -0.3 is 15.5 Å². The minimum atomic E-state index is -0.672. The van der Waals surface area contributed by atoms with Crippen molar-refractivity contribution in [1.82, 2.24) is 15.1 Å². The fourth-order valence-electron chi connectivity index (χ4n) is 4.51. The predicted molar refractivity (Wildman–Crippen MR) is 145 cm³/mol. The molecule has 0 saturated carbocycles. The summed E-state index contributed by atoms with van der Waals surface area (Å²) in [5.41, 5.74) is 4.53. The van der Waals surface area contributed by atoms with E-state index in [-0.39, 0.29) is 24.3 Å². The lowest BCUT2D eigenvalue weighted by Gasteiger charge is -2.36. The minimum absolute atomic E-state index is 0.0643. The third kappa shape index (κ3) is 7.05. The molecule has 7 heteroatoms. The van der Waals surface area contributed by atoms with Gasteiger partial charge in [0.05, 0.1) is 6.54 Å². The molecule has 0 unspecified atom stereocenters. The molecule has 3 aromatic carbocycles. The van der Waals surface area contributed by atoms with E-state index in [0.29, 0.717) is 38.2 Å². The number of carbonyl (C=O) groups excluding carboxylic acids is 3. The second-order valence-electron chi connectivity index (χ2n) is 9.48. The van der Waals surface area contributed by atoms with Gasteiger partial charge in [-0.25, -0.2) is 0 Å². The highest BCUT2D eigenvalue weighted by molar-refractivity contribution is 5.97. The van der Waals surface area contributed by atoms with E-state index in [1.54, 1.807) is 29.2 Å². The maximum absolute atomic E-state index is 13.5. The first-order valence-corrected chi connectivity index (χ1v) is 12.7. The molecule has 0 bridgehead atoms.